The molecule has 0 atom stereocenters. The molecule has 1 amide bonds. The second-order valence-electron chi connectivity index (χ2n) is 6.65. The highest BCUT2D eigenvalue weighted by Gasteiger charge is 2.22. The van der Waals surface area contributed by atoms with Crippen LogP contribution in [-0.4, -0.2) is 26.1 Å². The Labute approximate surface area is 161 Å². The zero-order valence-corrected chi connectivity index (χ0v) is 15.8. The van der Waals surface area contributed by atoms with Crippen molar-refractivity contribution < 1.29 is 4.79 Å². The molecule has 0 bridgehead atoms. The van der Waals surface area contributed by atoms with Crippen molar-refractivity contribution in [1.29, 1.82) is 0 Å². The van der Waals surface area contributed by atoms with Crippen LogP contribution in [0.25, 0.3) is 0 Å². The lowest BCUT2D eigenvalue weighted by molar-refractivity contribution is 0.0949. The van der Waals surface area contributed by atoms with E-state index < -0.39 is 0 Å². The summed E-state index contributed by atoms with van der Waals surface area (Å²) in [5.74, 6) is 0.622. The molecule has 27 heavy (non-hydrogen) atoms. The van der Waals surface area contributed by atoms with Gasteiger partial charge in [0, 0.05) is 25.3 Å². The molecule has 0 saturated carbocycles. The fraction of sp³-hybridized carbons (Fsp3) is 0.263. The number of rotatable bonds is 4. The Balaban J connectivity index is 1.45. The lowest BCUT2D eigenvalue weighted by Gasteiger charge is -2.16. The van der Waals surface area contributed by atoms with Crippen LogP contribution in [0.2, 0.25) is 5.02 Å². The Bertz CT molecular complexity index is 996. The molecule has 4 rings (SSSR count). The largest absolute Gasteiger partial charge is 0.348 e. The van der Waals surface area contributed by atoms with E-state index in [9.17, 15) is 4.79 Å². The normalized spacial score (nSPS) is 12.9. The van der Waals surface area contributed by atoms with Gasteiger partial charge < -0.3 is 10.2 Å². The van der Waals surface area contributed by atoms with Crippen molar-refractivity contribution in [2.75, 3.05) is 4.90 Å². The molecular formula is C19H19ClN6O. The predicted octanol–water partition coefficient (Wildman–Crippen LogP) is 2.92. The number of hydrogen-bond acceptors (Lipinski definition) is 5. The summed E-state index contributed by atoms with van der Waals surface area (Å²) < 4.78 is 0. The monoisotopic (exact) mass is 382 g/mol. The number of nitrogens with zero attached hydrogens (tertiary/aromatic N) is 4. The summed E-state index contributed by atoms with van der Waals surface area (Å²) in [6.45, 7) is 5.61. The molecule has 0 aliphatic carbocycles. The summed E-state index contributed by atoms with van der Waals surface area (Å²) in [6.07, 6.45) is 3.11. The Morgan fingerprint density at radius 1 is 1.30 bits per heavy atom. The van der Waals surface area contributed by atoms with Crippen molar-refractivity contribution in [3.8, 4) is 0 Å². The van der Waals surface area contributed by atoms with E-state index in [1.165, 1.54) is 17.5 Å². The summed E-state index contributed by atoms with van der Waals surface area (Å²) in [4.78, 5) is 22.8. The zero-order valence-electron chi connectivity index (χ0n) is 15.1. The number of anilines is 1. The minimum Gasteiger partial charge on any atom is -0.348 e. The Morgan fingerprint density at radius 2 is 2.11 bits per heavy atom. The van der Waals surface area contributed by atoms with E-state index >= 15 is 0 Å². The minimum atomic E-state index is -0.117. The maximum Gasteiger partial charge on any atom is 0.255 e. The van der Waals surface area contributed by atoms with Gasteiger partial charge in [-0.2, -0.15) is 5.10 Å². The number of carbonyl (C=O) groups is 1. The average Bonchev–Trinajstić information content (AvgIpc) is 3.22. The van der Waals surface area contributed by atoms with E-state index in [0.29, 0.717) is 22.8 Å². The molecule has 0 fully saturated rings. The smallest absolute Gasteiger partial charge is 0.255 e. The maximum atomic E-state index is 12.4. The molecular weight excluding hydrogens is 364 g/mol. The van der Waals surface area contributed by atoms with Gasteiger partial charge >= 0.3 is 0 Å². The molecule has 2 aromatic heterocycles. The number of benzene rings is 1. The van der Waals surface area contributed by atoms with Crippen LogP contribution < -0.4 is 10.2 Å². The van der Waals surface area contributed by atoms with Gasteiger partial charge in [-0.05, 0) is 30.5 Å². The Morgan fingerprint density at radius 3 is 2.85 bits per heavy atom. The minimum absolute atomic E-state index is 0.117. The molecule has 3 heterocycles. The highest BCUT2D eigenvalue weighted by molar-refractivity contribution is 6.32. The summed E-state index contributed by atoms with van der Waals surface area (Å²) in [5, 5.41) is 10.4. The van der Waals surface area contributed by atoms with Gasteiger partial charge in [0.25, 0.3) is 5.91 Å². The second-order valence-corrected chi connectivity index (χ2v) is 7.05. The molecule has 2 N–H and O–H groups in total. The number of halogens is 1. The van der Waals surface area contributed by atoms with Crippen LogP contribution in [0.15, 0.2) is 30.7 Å². The highest BCUT2D eigenvalue weighted by Crippen LogP contribution is 2.31. The third-order valence-corrected chi connectivity index (χ3v) is 5.02. The molecule has 1 aliphatic rings. The van der Waals surface area contributed by atoms with Crippen LogP contribution >= 0.6 is 11.6 Å². The van der Waals surface area contributed by atoms with Crippen molar-refractivity contribution in [1.82, 2.24) is 25.5 Å². The predicted molar refractivity (Wildman–Crippen MR) is 103 cm³/mol. The van der Waals surface area contributed by atoms with Gasteiger partial charge in [0.15, 0.2) is 5.82 Å². The van der Waals surface area contributed by atoms with E-state index in [4.69, 9.17) is 11.6 Å². The first-order valence-electron chi connectivity index (χ1n) is 8.64. The first-order valence-corrected chi connectivity index (χ1v) is 9.01. The lowest BCUT2D eigenvalue weighted by atomic mass is 10.1. The number of fused-ring (bicyclic) bond motifs is 1. The van der Waals surface area contributed by atoms with Crippen LogP contribution in [0.1, 0.15) is 38.4 Å². The van der Waals surface area contributed by atoms with Gasteiger partial charge in [-0.25, -0.2) is 9.97 Å². The van der Waals surface area contributed by atoms with Gasteiger partial charge in [-0.15, -0.1) is 0 Å². The molecule has 0 unspecified atom stereocenters. The zero-order chi connectivity index (χ0) is 19.0. The molecule has 138 valence electrons. The highest BCUT2D eigenvalue weighted by atomic mass is 35.5. The Hall–Kier alpha value is -2.93. The van der Waals surface area contributed by atoms with E-state index in [0.717, 1.165) is 30.2 Å². The molecule has 8 heteroatoms. The number of aromatic amines is 1. The van der Waals surface area contributed by atoms with Gasteiger partial charge in [-0.3, -0.25) is 9.89 Å². The average molecular weight is 383 g/mol. The summed E-state index contributed by atoms with van der Waals surface area (Å²) >= 11 is 6.22. The van der Waals surface area contributed by atoms with Crippen LogP contribution in [0.5, 0.6) is 0 Å². The fourth-order valence-corrected chi connectivity index (χ4v) is 3.63. The number of aromatic nitrogens is 4. The second kappa shape index (κ2) is 7.00. The van der Waals surface area contributed by atoms with Gasteiger partial charge in [0.05, 0.1) is 17.5 Å². The first kappa shape index (κ1) is 17.5. The van der Waals surface area contributed by atoms with Crippen molar-refractivity contribution >= 4 is 23.3 Å². The van der Waals surface area contributed by atoms with Crippen molar-refractivity contribution in [3.63, 3.8) is 0 Å². The van der Waals surface area contributed by atoms with Crippen molar-refractivity contribution in [2.24, 2.45) is 0 Å². The molecule has 3 aromatic rings. The summed E-state index contributed by atoms with van der Waals surface area (Å²) in [5.41, 5.74) is 5.60. The van der Waals surface area contributed by atoms with Crippen LogP contribution in [-0.2, 0) is 19.6 Å². The fourth-order valence-electron chi connectivity index (χ4n) is 3.40. The third kappa shape index (κ3) is 3.38. The maximum absolute atomic E-state index is 12.4. The molecule has 0 spiro atoms. The van der Waals surface area contributed by atoms with E-state index in [2.05, 4.69) is 42.5 Å². The van der Waals surface area contributed by atoms with Crippen LogP contribution in [0.3, 0.4) is 0 Å². The van der Waals surface area contributed by atoms with Crippen LogP contribution in [0.4, 0.5) is 5.82 Å². The number of H-pyrrole nitrogens is 1. The molecule has 1 aliphatic heterocycles. The summed E-state index contributed by atoms with van der Waals surface area (Å²) in [7, 11) is 0. The topological polar surface area (TPSA) is 86.8 Å². The molecule has 0 saturated heterocycles. The van der Waals surface area contributed by atoms with Crippen molar-refractivity contribution in [3.05, 3.63) is 69.4 Å². The first-order chi connectivity index (χ1) is 13.0. The third-order valence-electron chi connectivity index (χ3n) is 4.75. The Kier molecular flexibility index (Phi) is 4.53. The number of hydrogen-bond donors (Lipinski definition) is 2. The van der Waals surface area contributed by atoms with E-state index in [1.807, 2.05) is 19.9 Å². The SMILES string of the molecule is Cc1n[nH]c(C)c1C(=O)NCc1ccc2c(c1)CN(c1ncncc1Cl)C2. The number of aryl methyl sites for hydroxylation is 2. The number of amides is 1. The van der Waals surface area contributed by atoms with Gasteiger partial charge in [-0.1, -0.05) is 29.8 Å². The van der Waals surface area contributed by atoms with Crippen LogP contribution in [0, 0.1) is 13.8 Å². The molecule has 1 aromatic carbocycles. The van der Waals surface area contributed by atoms with Crippen molar-refractivity contribution in [2.45, 2.75) is 33.5 Å². The summed E-state index contributed by atoms with van der Waals surface area (Å²) in [6, 6.07) is 6.26. The number of carbonyl (C=O) groups excluding carboxylic acids is 1. The van der Waals surface area contributed by atoms with Gasteiger partial charge in [0.1, 0.15) is 11.3 Å². The van der Waals surface area contributed by atoms with Gasteiger partial charge in [0.2, 0.25) is 0 Å². The molecule has 0 radical (unpaired) electrons. The van der Waals surface area contributed by atoms with E-state index in [1.54, 1.807) is 6.20 Å². The number of nitrogens with one attached hydrogen (secondary N) is 2. The quantitative estimate of drug-likeness (QED) is 0.724. The van der Waals surface area contributed by atoms with E-state index in [-0.39, 0.29) is 5.91 Å². The lowest BCUT2D eigenvalue weighted by Crippen LogP contribution is -2.24. The standard InChI is InChI=1S/C19H19ClN6O/c1-11-17(12(2)25-24-11)19(27)22-6-13-3-4-14-8-26(9-15(14)5-13)18-16(20)7-21-10-23-18/h3-5,7,10H,6,8-9H2,1-2H3,(H,22,27)(H,24,25). The molecule has 7 nitrogen and oxygen atoms in total.